The number of nitrogens with zero attached hydrogens (tertiary/aromatic N) is 3. The highest BCUT2D eigenvalue weighted by Gasteiger charge is 2.25. The van der Waals surface area contributed by atoms with Crippen LogP contribution in [-0.2, 0) is 10.0 Å². The minimum absolute atomic E-state index is 0.0474. The normalized spacial score (nSPS) is 16.7. The molecule has 3 rings (SSSR count). The summed E-state index contributed by atoms with van der Waals surface area (Å²) in [4.78, 5) is 4.40. The summed E-state index contributed by atoms with van der Waals surface area (Å²) in [6.45, 7) is 5.23. The molecule has 2 N–H and O–H groups in total. The van der Waals surface area contributed by atoms with E-state index >= 15 is 0 Å². The number of rotatable bonds is 4. The highest BCUT2D eigenvalue weighted by atomic mass is 35.5. The second-order valence-corrected chi connectivity index (χ2v) is 8.52. The highest BCUT2D eigenvalue weighted by Crippen LogP contribution is 2.30. The average molecular weight is 405 g/mol. The Kier molecular flexibility index (Phi) is 5.72. The summed E-state index contributed by atoms with van der Waals surface area (Å²) >= 11 is 6.32. The van der Waals surface area contributed by atoms with Gasteiger partial charge in [0.2, 0.25) is 10.0 Å². The van der Waals surface area contributed by atoms with Gasteiger partial charge in [-0.25, -0.2) is 13.6 Å². The molecule has 0 aromatic heterocycles. The van der Waals surface area contributed by atoms with Crippen LogP contribution in [0.3, 0.4) is 0 Å². The zero-order valence-electron chi connectivity index (χ0n) is 15.0. The van der Waals surface area contributed by atoms with Gasteiger partial charge in [-0.2, -0.15) is 5.26 Å². The lowest BCUT2D eigenvalue weighted by atomic mass is 10.1. The zero-order valence-corrected chi connectivity index (χ0v) is 16.5. The fraction of sp³-hybridized carbons (Fsp3) is 0.316. The summed E-state index contributed by atoms with van der Waals surface area (Å²) in [6.07, 6.45) is 0. The minimum Gasteiger partial charge on any atom is -0.368 e. The Bertz CT molecular complexity index is 979. The van der Waals surface area contributed by atoms with Crippen LogP contribution in [0.2, 0.25) is 5.02 Å². The summed E-state index contributed by atoms with van der Waals surface area (Å²) in [6, 6.07) is 14.6. The van der Waals surface area contributed by atoms with Gasteiger partial charge in [-0.1, -0.05) is 29.8 Å². The molecular formula is C19H21ClN4O2S. The second kappa shape index (κ2) is 7.87. The van der Waals surface area contributed by atoms with E-state index in [2.05, 4.69) is 22.8 Å². The van der Waals surface area contributed by atoms with Crippen molar-refractivity contribution < 1.29 is 8.42 Å². The largest absolute Gasteiger partial charge is 0.368 e. The van der Waals surface area contributed by atoms with Crippen molar-refractivity contribution in [2.24, 2.45) is 5.14 Å². The Morgan fingerprint density at radius 1 is 1.15 bits per heavy atom. The van der Waals surface area contributed by atoms with Gasteiger partial charge in [-0.15, -0.1) is 0 Å². The molecule has 0 aliphatic carbocycles. The molecule has 1 aliphatic rings. The molecule has 8 heteroatoms. The topological polar surface area (TPSA) is 90.4 Å². The molecule has 1 fully saturated rings. The molecule has 0 saturated carbocycles. The number of hydrogen-bond acceptors (Lipinski definition) is 5. The number of primary sulfonamides is 1. The number of halogens is 1. The van der Waals surface area contributed by atoms with E-state index in [9.17, 15) is 13.7 Å². The predicted octanol–water partition coefficient (Wildman–Crippen LogP) is 2.74. The van der Waals surface area contributed by atoms with Gasteiger partial charge in [0.15, 0.2) is 0 Å². The Balaban J connectivity index is 1.74. The molecular weight excluding hydrogens is 384 g/mol. The third kappa shape index (κ3) is 4.25. The van der Waals surface area contributed by atoms with E-state index in [1.165, 1.54) is 12.1 Å². The van der Waals surface area contributed by atoms with Crippen LogP contribution in [0.5, 0.6) is 0 Å². The Morgan fingerprint density at radius 2 is 1.81 bits per heavy atom. The molecule has 1 aliphatic heterocycles. The van der Waals surface area contributed by atoms with Gasteiger partial charge in [-0.05, 0) is 36.8 Å². The summed E-state index contributed by atoms with van der Waals surface area (Å²) in [7, 11) is -3.83. The van der Waals surface area contributed by atoms with Crippen LogP contribution in [-0.4, -0.2) is 39.5 Å². The van der Waals surface area contributed by atoms with E-state index in [-0.39, 0.29) is 10.9 Å². The molecule has 27 heavy (non-hydrogen) atoms. The fourth-order valence-electron chi connectivity index (χ4n) is 3.42. The average Bonchev–Trinajstić information content (AvgIpc) is 2.67. The summed E-state index contributed by atoms with van der Waals surface area (Å²) in [5.74, 6) is 0. The number of nitriles is 1. The van der Waals surface area contributed by atoms with Crippen molar-refractivity contribution in [2.45, 2.75) is 17.9 Å². The molecule has 0 bridgehead atoms. The Hall–Kier alpha value is -2.11. The Morgan fingerprint density at radius 3 is 2.41 bits per heavy atom. The van der Waals surface area contributed by atoms with E-state index in [1.807, 2.05) is 24.3 Å². The number of anilines is 1. The van der Waals surface area contributed by atoms with E-state index in [0.29, 0.717) is 5.56 Å². The van der Waals surface area contributed by atoms with Crippen molar-refractivity contribution in [1.82, 2.24) is 4.90 Å². The molecule has 0 amide bonds. The van der Waals surface area contributed by atoms with E-state index in [1.54, 1.807) is 6.07 Å². The molecule has 1 unspecified atom stereocenters. The number of piperazine rings is 1. The van der Waals surface area contributed by atoms with E-state index in [4.69, 9.17) is 16.7 Å². The molecule has 6 nitrogen and oxygen atoms in total. The third-order valence-corrected chi connectivity index (χ3v) is 6.23. The second-order valence-electron chi connectivity index (χ2n) is 6.56. The van der Waals surface area contributed by atoms with Gasteiger partial charge in [0.25, 0.3) is 0 Å². The maximum Gasteiger partial charge on any atom is 0.238 e. The smallest absolute Gasteiger partial charge is 0.238 e. The van der Waals surface area contributed by atoms with Crippen molar-refractivity contribution >= 4 is 27.3 Å². The first-order valence-electron chi connectivity index (χ1n) is 8.61. The maximum atomic E-state index is 11.5. The molecule has 1 atom stereocenters. The first-order valence-corrected chi connectivity index (χ1v) is 10.5. The van der Waals surface area contributed by atoms with Crippen LogP contribution < -0.4 is 10.0 Å². The minimum atomic E-state index is -3.83. The molecule has 2 aromatic carbocycles. The van der Waals surface area contributed by atoms with Gasteiger partial charge < -0.3 is 4.90 Å². The lowest BCUT2D eigenvalue weighted by Gasteiger charge is -2.39. The summed E-state index contributed by atoms with van der Waals surface area (Å²) in [5, 5.41) is 15.3. The predicted molar refractivity (Wildman–Crippen MR) is 106 cm³/mol. The van der Waals surface area contributed by atoms with Crippen molar-refractivity contribution in [3.05, 3.63) is 58.6 Å². The molecule has 0 spiro atoms. The standard InChI is InChI=1S/C19H21ClN4O2S/c1-14(17-4-2-3-5-18(17)20)23-8-10-24(11-9-23)19-7-6-16(27(22,25)26)12-15(19)13-21/h2-7,12,14H,8-11H2,1H3,(H2,22,25,26). The quantitative estimate of drug-likeness (QED) is 0.846. The van der Waals surface area contributed by atoms with Crippen LogP contribution in [0, 0.1) is 11.3 Å². The van der Waals surface area contributed by atoms with Gasteiger partial charge in [0.1, 0.15) is 6.07 Å². The lowest BCUT2D eigenvalue weighted by molar-refractivity contribution is 0.198. The fourth-order valence-corrected chi connectivity index (χ4v) is 4.25. The van der Waals surface area contributed by atoms with Crippen LogP contribution in [0.15, 0.2) is 47.4 Å². The van der Waals surface area contributed by atoms with Crippen LogP contribution in [0.1, 0.15) is 24.1 Å². The van der Waals surface area contributed by atoms with Gasteiger partial charge in [0, 0.05) is 37.2 Å². The van der Waals surface area contributed by atoms with Crippen molar-refractivity contribution in [3.63, 3.8) is 0 Å². The molecule has 1 heterocycles. The van der Waals surface area contributed by atoms with E-state index < -0.39 is 10.0 Å². The first-order chi connectivity index (χ1) is 12.8. The maximum absolute atomic E-state index is 11.5. The third-order valence-electron chi connectivity index (χ3n) is 4.97. The lowest BCUT2D eigenvalue weighted by Crippen LogP contribution is -2.47. The summed E-state index contributed by atoms with van der Waals surface area (Å²) < 4.78 is 23.0. The highest BCUT2D eigenvalue weighted by molar-refractivity contribution is 7.89. The van der Waals surface area contributed by atoms with Gasteiger partial charge >= 0.3 is 0 Å². The van der Waals surface area contributed by atoms with Crippen LogP contribution in [0.25, 0.3) is 0 Å². The molecule has 2 aromatic rings. The van der Waals surface area contributed by atoms with Crippen LogP contribution in [0.4, 0.5) is 5.69 Å². The number of hydrogen-bond donors (Lipinski definition) is 1. The Labute approximate surface area is 164 Å². The van der Waals surface area contributed by atoms with Crippen molar-refractivity contribution in [1.29, 1.82) is 5.26 Å². The van der Waals surface area contributed by atoms with Crippen LogP contribution >= 0.6 is 11.6 Å². The number of nitrogens with two attached hydrogens (primary N) is 1. The van der Waals surface area contributed by atoms with E-state index in [0.717, 1.165) is 42.5 Å². The van der Waals surface area contributed by atoms with Gasteiger partial charge in [0.05, 0.1) is 16.1 Å². The summed E-state index contributed by atoms with van der Waals surface area (Å²) in [5.41, 5.74) is 2.15. The monoisotopic (exact) mass is 404 g/mol. The molecule has 0 radical (unpaired) electrons. The first kappa shape index (κ1) is 19.6. The van der Waals surface area contributed by atoms with Gasteiger partial charge in [-0.3, -0.25) is 4.90 Å². The van der Waals surface area contributed by atoms with Crippen molar-refractivity contribution in [2.75, 3.05) is 31.1 Å². The molecule has 142 valence electrons. The molecule has 1 saturated heterocycles. The van der Waals surface area contributed by atoms with Crippen molar-refractivity contribution in [3.8, 4) is 6.07 Å². The zero-order chi connectivity index (χ0) is 19.6. The SMILES string of the molecule is CC(c1ccccc1Cl)N1CCN(c2ccc(S(N)(=O)=O)cc2C#N)CC1. The number of benzene rings is 2. The number of sulfonamides is 1.